The normalized spacial score (nSPS) is 13.2. The smallest absolute Gasteiger partial charge is 0.296 e. The third-order valence-electron chi connectivity index (χ3n) is 7.94. The number of nitrogens with two attached hydrogens (primary N) is 2. The maximum atomic E-state index is 12.5. The van der Waals surface area contributed by atoms with Crippen LogP contribution in [-0.2, 0) is 30.4 Å². The summed E-state index contributed by atoms with van der Waals surface area (Å²) < 4.78 is 102. The second-order valence-electron chi connectivity index (χ2n) is 11.9. The standard InChI is InChI=1S/C34H27N9O11S3/c1-17(44)37-19-4-6-20(7-5-19)38-40-29-11-10-28(23-9-8-22(14-25(23)29)55(46,47)48)41-43-33-32(57(52,53)54)12-18-2-3-21(13-24(18)34(33)45)39-42-30-16-31(56(49,50)51)27(36)15-26(30)35/h2-16,45H,35-36H2,1H3,(H,37,44)(H,46,47,48)(H,49,50,51)(H,52,53,54). The molecule has 9 N–H and O–H groups in total. The number of nitrogen functional groups attached to an aromatic ring is 2. The number of hydrogen-bond donors (Lipinski definition) is 7. The Morgan fingerprint density at radius 3 is 1.74 bits per heavy atom. The van der Waals surface area contributed by atoms with Crippen molar-refractivity contribution in [2.45, 2.75) is 21.6 Å². The molecule has 0 radical (unpaired) electrons. The first-order chi connectivity index (χ1) is 26.7. The molecule has 6 aromatic rings. The lowest BCUT2D eigenvalue weighted by molar-refractivity contribution is 0.472. The van der Waals surface area contributed by atoms with Crippen LogP contribution in [0, 0.1) is 0 Å². The number of azo groups is 3. The highest BCUT2D eigenvalue weighted by molar-refractivity contribution is 7.86. The average Bonchev–Trinajstić information content (AvgIpc) is 3.12. The van der Waals surface area contributed by atoms with Crippen molar-refractivity contribution in [1.29, 1.82) is 0 Å². The van der Waals surface area contributed by atoms with E-state index in [1.807, 2.05) is 0 Å². The predicted octanol–water partition coefficient (Wildman–Crippen LogP) is 8.46. The van der Waals surface area contributed by atoms with Crippen LogP contribution in [0.2, 0.25) is 0 Å². The highest BCUT2D eigenvalue weighted by atomic mass is 32.2. The Morgan fingerprint density at radius 2 is 1.11 bits per heavy atom. The molecule has 0 saturated heterocycles. The Morgan fingerprint density at radius 1 is 0.526 bits per heavy atom. The molecular formula is C34H27N9O11S3. The Labute approximate surface area is 322 Å². The van der Waals surface area contributed by atoms with Crippen molar-refractivity contribution in [3.05, 3.63) is 91.0 Å². The number of fused-ring (bicyclic) bond motifs is 2. The monoisotopic (exact) mass is 833 g/mol. The minimum Gasteiger partial charge on any atom is -0.505 e. The van der Waals surface area contributed by atoms with Gasteiger partial charge in [-0.1, -0.05) is 12.1 Å². The number of benzene rings is 6. The number of nitrogens with zero attached hydrogens (tertiary/aromatic N) is 7. The van der Waals surface area contributed by atoms with Crippen LogP contribution in [0.1, 0.15) is 6.92 Å². The number of anilines is 2. The highest BCUT2D eigenvalue weighted by Crippen LogP contribution is 2.44. The van der Waals surface area contributed by atoms with Gasteiger partial charge in [0.15, 0.2) is 11.6 Å². The van der Waals surface area contributed by atoms with Crippen molar-refractivity contribution in [1.82, 2.24) is 0 Å². The lowest BCUT2D eigenvalue weighted by Gasteiger charge is -2.10. The van der Waals surface area contributed by atoms with Crippen LogP contribution >= 0.6 is 0 Å². The molecule has 23 heteroatoms. The van der Waals surface area contributed by atoms with Crippen molar-refractivity contribution in [3.63, 3.8) is 0 Å². The molecule has 0 fully saturated rings. The topological polar surface area (TPSA) is 342 Å². The van der Waals surface area contributed by atoms with Crippen LogP contribution in [0.4, 0.5) is 51.2 Å². The van der Waals surface area contributed by atoms with Gasteiger partial charge in [-0.2, -0.15) is 35.5 Å². The van der Waals surface area contributed by atoms with Gasteiger partial charge >= 0.3 is 0 Å². The maximum absolute atomic E-state index is 12.5. The zero-order valence-electron chi connectivity index (χ0n) is 28.9. The first-order valence-corrected chi connectivity index (χ1v) is 20.1. The van der Waals surface area contributed by atoms with Gasteiger partial charge in [-0.3, -0.25) is 13.7 Å². The van der Waals surface area contributed by atoms with Crippen molar-refractivity contribution >= 4 is 109 Å². The number of aliphatic hydroxyl groups excluding tert-OH is 1. The molecule has 20 nitrogen and oxygen atoms in total. The van der Waals surface area contributed by atoms with E-state index in [4.69, 9.17) is 11.5 Å². The molecule has 0 amide bonds. The fourth-order valence-corrected chi connectivity index (χ4v) is 7.12. The van der Waals surface area contributed by atoms with Crippen LogP contribution in [0.3, 0.4) is 0 Å². The van der Waals surface area contributed by atoms with Crippen molar-refractivity contribution in [3.8, 4) is 5.75 Å². The van der Waals surface area contributed by atoms with E-state index < -0.39 is 56.5 Å². The Balaban J connectivity index is 1.43. The number of aromatic hydroxyl groups is 1. The number of hydrogen-bond acceptors (Lipinski definition) is 16. The Kier molecular flexibility index (Phi) is 10.5. The number of aliphatic hydroxyl groups is 1. The van der Waals surface area contributed by atoms with Crippen molar-refractivity contribution in [2.24, 2.45) is 35.7 Å². The summed E-state index contributed by atoms with van der Waals surface area (Å²) in [6, 6.07) is 19.4. The molecule has 0 aliphatic rings. The molecular weight excluding hydrogens is 807 g/mol. The van der Waals surface area contributed by atoms with E-state index in [1.54, 1.807) is 24.3 Å². The lowest BCUT2D eigenvalue weighted by atomic mass is 10.1. The first kappa shape index (κ1) is 39.9. The van der Waals surface area contributed by atoms with Gasteiger partial charge in [0, 0.05) is 23.1 Å². The van der Waals surface area contributed by atoms with Gasteiger partial charge in [-0.15, -0.1) is 20.5 Å². The predicted molar refractivity (Wildman–Crippen MR) is 209 cm³/mol. The molecule has 57 heavy (non-hydrogen) atoms. The summed E-state index contributed by atoms with van der Waals surface area (Å²) in [4.78, 5) is 1.94. The molecule has 6 aromatic carbocycles. The summed E-state index contributed by atoms with van der Waals surface area (Å²) in [5.41, 5.74) is 11.2. The third kappa shape index (κ3) is 8.88. The average molecular weight is 834 g/mol. The largest absolute Gasteiger partial charge is 0.505 e. The quantitative estimate of drug-likeness (QED) is 0.0224. The van der Waals surface area contributed by atoms with E-state index in [9.17, 15) is 49.1 Å². The van der Waals surface area contributed by atoms with Crippen LogP contribution < -0.4 is 11.5 Å². The Bertz CT molecular complexity index is 3100. The molecule has 0 aliphatic heterocycles. The van der Waals surface area contributed by atoms with Gasteiger partial charge < -0.3 is 21.7 Å². The summed E-state index contributed by atoms with van der Waals surface area (Å²) >= 11 is 0. The summed E-state index contributed by atoms with van der Waals surface area (Å²) in [5.74, 6) is -0.916. The molecule has 0 atom stereocenters. The summed E-state index contributed by atoms with van der Waals surface area (Å²) in [6.45, 7) is 1.41. The summed E-state index contributed by atoms with van der Waals surface area (Å²) in [6.07, 6.45) is 0. The van der Waals surface area contributed by atoms with E-state index in [-0.39, 0.29) is 61.6 Å². The summed E-state index contributed by atoms with van der Waals surface area (Å²) in [7, 11) is -14.5. The molecule has 0 bridgehead atoms. The SMILES string of the molecule is CC(O)=Nc1ccc(N=Nc2ccc(N=Nc3c(S(=O)(=O)O)cc4ccc(N=Nc5cc(S(=O)(=O)O)c(N)cc5N)cc4c3O)c3ccc(S(=O)(=O)O)cc23)cc1. The molecule has 0 aliphatic carbocycles. The second-order valence-corrected chi connectivity index (χ2v) is 16.1. The summed E-state index contributed by atoms with van der Waals surface area (Å²) in [5, 5.41) is 45.4. The molecule has 292 valence electrons. The van der Waals surface area contributed by atoms with Gasteiger partial charge in [0.05, 0.1) is 44.7 Å². The van der Waals surface area contributed by atoms with E-state index in [1.165, 1.54) is 43.3 Å². The van der Waals surface area contributed by atoms with Crippen LogP contribution in [0.5, 0.6) is 5.75 Å². The van der Waals surface area contributed by atoms with E-state index in [0.717, 1.165) is 30.3 Å². The number of rotatable bonds is 10. The van der Waals surface area contributed by atoms with Gasteiger partial charge in [0.25, 0.3) is 30.4 Å². The molecule has 0 unspecified atom stereocenters. The fraction of sp³-hybridized carbons (Fsp3) is 0.0294. The Hall–Kier alpha value is -6.76. The van der Waals surface area contributed by atoms with Crippen LogP contribution in [-0.4, -0.2) is 55.0 Å². The molecule has 0 saturated carbocycles. The van der Waals surface area contributed by atoms with Crippen molar-refractivity contribution < 1.29 is 49.1 Å². The molecule has 0 spiro atoms. The maximum Gasteiger partial charge on any atom is 0.296 e. The molecule has 0 aromatic heterocycles. The van der Waals surface area contributed by atoms with E-state index >= 15 is 0 Å². The minimum absolute atomic E-state index is 0.00103. The number of phenolic OH excluding ortho intramolecular Hbond substituents is 1. The molecule has 0 heterocycles. The minimum atomic E-state index is -5.04. The van der Waals surface area contributed by atoms with Crippen molar-refractivity contribution in [2.75, 3.05) is 11.5 Å². The van der Waals surface area contributed by atoms with Crippen LogP contribution in [0.25, 0.3) is 21.5 Å². The fourth-order valence-electron chi connectivity index (χ4n) is 5.34. The van der Waals surface area contributed by atoms with Gasteiger partial charge in [-0.25, -0.2) is 4.99 Å². The van der Waals surface area contributed by atoms with Crippen LogP contribution in [0.15, 0.2) is 141 Å². The molecule has 6 rings (SSSR count). The van der Waals surface area contributed by atoms with Gasteiger partial charge in [0.1, 0.15) is 21.2 Å². The highest BCUT2D eigenvalue weighted by Gasteiger charge is 2.23. The zero-order chi connectivity index (χ0) is 41.4. The lowest BCUT2D eigenvalue weighted by Crippen LogP contribution is -2.04. The van der Waals surface area contributed by atoms with Gasteiger partial charge in [0.2, 0.25) is 0 Å². The second kappa shape index (κ2) is 15.1. The van der Waals surface area contributed by atoms with Gasteiger partial charge in [-0.05, 0) is 84.2 Å². The zero-order valence-corrected chi connectivity index (χ0v) is 31.3. The van der Waals surface area contributed by atoms with E-state index in [2.05, 4.69) is 35.7 Å². The first-order valence-electron chi connectivity index (χ1n) is 15.8. The number of phenols is 1. The van der Waals surface area contributed by atoms with E-state index in [0.29, 0.717) is 11.4 Å². The third-order valence-corrected chi connectivity index (χ3v) is 10.6. The number of aliphatic imine (C=N–C) groups is 1.